The van der Waals surface area contributed by atoms with Crippen LogP contribution in [0.1, 0.15) is 20.3 Å². The lowest BCUT2D eigenvalue weighted by Gasteiger charge is -2.15. The molecule has 0 spiro atoms. The van der Waals surface area contributed by atoms with E-state index in [0.29, 0.717) is 12.3 Å². The van der Waals surface area contributed by atoms with E-state index in [-0.39, 0.29) is 24.4 Å². The Labute approximate surface area is 128 Å². The van der Waals surface area contributed by atoms with Crippen molar-refractivity contribution in [2.24, 2.45) is 5.73 Å². The highest BCUT2D eigenvalue weighted by Gasteiger charge is 2.13. The van der Waals surface area contributed by atoms with Crippen molar-refractivity contribution < 1.29 is 9.53 Å². The molecule has 2 unspecified atom stereocenters. The maximum atomic E-state index is 11.7. The van der Waals surface area contributed by atoms with Crippen molar-refractivity contribution in [3.63, 3.8) is 0 Å². The van der Waals surface area contributed by atoms with E-state index in [4.69, 9.17) is 10.5 Å². The number of hydrogen-bond donors (Lipinski definition) is 2. The van der Waals surface area contributed by atoms with Crippen LogP contribution in [0.25, 0.3) is 0 Å². The zero-order valence-electron chi connectivity index (χ0n) is 11.1. The van der Waals surface area contributed by atoms with Crippen LogP contribution in [0, 0.1) is 0 Å². The summed E-state index contributed by atoms with van der Waals surface area (Å²) in [6.45, 7) is 4.21. The summed E-state index contributed by atoms with van der Waals surface area (Å²) in [4.78, 5) is 11.7. The van der Waals surface area contributed by atoms with Crippen LogP contribution in [0.2, 0.25) is 0 Å². The summed E-state index contributed by atoms with van der Waals surface area (Å²) in [5.41, 5.74) is 5.61. The van der Waals surface area contributed by atoms with Gasteiger partial charge in [-0.15, -0.1) is 12.4 Å². The zero-order chi connectivity index (χ0) is 13.5. The number of nitrogens with two attached hydrogens (primary N) is 1. The van der Waals surface area contributed by atoms with Gasteiger partial charge in [0.25, 0.3) is 5.91 Å². The lowest BCUT2D eigenvalue weighted by molar-refractivity contribution is -0.127. The summed E-state index contributed by atoms with van der Waals surface area (Å²) in [5.74, 6) is 0.548. The fraction of sp³-hybridized carbons (Fsp3) is 0.462. The number of rotatable bonds is 6. The third kappa shape index (κ3) is 7.40. The van der Waals surface area contributed by atoms with Crippen LogP contribution in [-0.2, 0) is 4.79 Å². The van der Waals surface area contributed by atoms with E-state index in [1.807, 2.05) is 31.2 Å². The monoisotopic (exact) mass is 350 g/mol. The average molecular weight is 352 g/mol. The standard InChI is InChI=1S/C13H19BrN2O2.ClH/c1-9(15)7-8-16-13(17)10(2)18-12-5-3-11(14)4-6-12;/h3-6,9-10H,7-8,15H2,1-2H3,(H,16,17);1H. The number of ether oxygens (including phenoxy) is 1. The molecule has 3 N–H and O–H groups in total. The first kappa shape index (κ1) is 18.2. The van der Waals surface area contributed by atoms with E-state index in [0.717, 1.165) is 10.9 Å². The Morgan fingerprint density at radius 3 is 2.47 bits per heavy atom. The van der Waals surface area contributed by atoms with E-state index in [9.17, 15) is 4.79 Å². The summed E-state index contributed by atoms with van der Waals surface area (Å²) in [7, 11) is 0. The van der Waals surface area contributed by atoms with Crippen LogP contribution < -0.4 is 15.8 Å². The van der Waals surface area contributed by atoms with Gasteiger partial charge in [-0.1, -0.05) is 15.9 Å². The van der Waals surface area contributed by atoms with Crippen LogP contribution in [-0.4, -0.2) is 24.6 Å². The van der Waals surface area contributed by atoms with Crippen molar-refractivity contribution in [3.05, 3.63) is 28.7 Å². The Hall–Kier alpha value is -0.780. The zero-order valence-corrected chi connectivity index (χ0v) is 13.5. The number of benzene rings is 1. The van der Waals surface area contributed by atoms with Crippen LogP contribution >= 0.6 is 28.3 Å². The van der Waals surface area contributed by atoms with E-state index in [2.05, 4.69) is 21.2 Å². The minimum absolute atomic E-state index is 0. The Morgan fingerprint density at radius 1 is 1.37 bits per heavy atom. The summed E-state index contributed by atoms with van der Waals surface area (Å²) in [5, 5.41) is 2.79. The van der Waals surface area contributed by atoms with Gasteiger partial charge in [0.15, 0.2) is 6.10 Å². The molecule has 0 bridgehead atoms. The molecular formula is C13H20BrClN2O2. The molecule has 1 aromatic rings. The molecule has 0 aliphatic carbocycles. The second-order valence-corrected chi connectivity index (χ2v) is 5.19. The molecule has 0 aromatic heterocycles. The van der Waals surface area contributed by atoms with Gasteiger partial charge < -0.3 is 15.8 Å². The first-order valence-electron chi connectivity index (χ1n) is 5.94. The molecule has 1 aromatic carbocycles. The van der Waals surface area contributed by atoms with Crippen molar-refractivity contribution in [1.82, 2.24) is 5.32 Å². The van der Waals surface area contributed by atoms with Gasteiger partial charge in [-0.25, -0.2) is 0 Å². The molecule has 4 nitrogen and oxygen atoms in total. The Bertz CT molecular complexity index is 385. The lowest BCUT2D eigenvalue weighted by Crippen LogP contribution is -2.38. The summed E-state index contributed by atoms with van der Waals surface area (Å²) in [6.07, 6.45) is 0.246. The van der Waals surface area contributed by atoms with Crippen molar-refractivity contribution in [3.8, 4) is 5.75 Å². The number of amides is 1. The maximum Gasteiger partial charge on any atom is 0.260 e. The lowest BCUT2D eigenvalue weighted by atomic mass is 10.2. The average Bonchev–Trinajstić information content (AvgIpc) is 2.31. The fourth-order valence-corrected chi connectivity index (χ4v) is 1.60. The van der Waals surface area contributed by atoms with E-state index in [1.165, 1.54) is 0 Å². The van der Waals surface area contributed by atoms with E-state index < -0.39 is 6.10 Å². The number of nitrogens with one attached hydrogen (secondary N) is 1. The SMILES string of the molecule is CC(N)CCNC(=O)C(C)Oc1ccc(Br)cc1.Cl. The highest BCUT2D eigenvalue weighted by Crippen LogP contribution is 2.17. The minimum atomic E-state index is -0.515. The first-order valence-corrected chi connectivity index (χ1v) is 6.74. The Balaban J connectivity index is 0.00000324. The van der Waals surface area contributed by atoms with Gasteiger partial charge in [0, 0.05) is 17.1 Å². The summed E-state index contributed by atoms with van der Waals surface area (Å²) >= 11 is 3.34. The predicted molar refractivity (Wildman–Crippen MR) is 82.8 cm³/mol. The summed E-state index contributed by atoms with van der Waals surface area (Å²) in [6, 6.07) is 7.46. The fourth-order valence-electron chi connectivity index (χ4n) is 1.34. The quantitative estimate of drug-likeness (QED) is 0.827. The van der Waals surface area contributed by atoms with Gasteiger partial charge in [0.1, 0.15) is 5.75 Å². The van der Waals surface area contributed by atoms with Gasteiger partial charge in [-0.05, 0) is 44.5 Å². The maximum absolute atomic E-state index is 11.7. The second-order valence-electron chi connectivity index (χ2n) is 4.27. The van der Waals surface area contributed by atoms with Gasteiger partial charge in [0.05, 0.1) is 0 Å². The third-order valence-corrected chi connectivity index (χ3v) is 2.92. The molecule has 0 saturated carbocycles. The Morgan fingerprint density at radius 2 is 1.95 bits per heavy atom. The van der Waals surface area contributed by atoms with Crippen LogP contribution in [0.4, 0.5) is 0 Å². The van der Waals surface area contributed by atoms with Crippen molar-refractivity contribution in [2.45, 2.75) is 32.4 Å². The van der Waals surface area contributed by atoms with E-state index in [1.54, 1.807) is 6.92 Å². The number of carbonyl (C=O) groups is 1. The van der Waals surface area contributed by atoms with Gasteiger partial charge in [-0.3, -0.25) is 4.79 Å². The summed E-state index contributed by atoms with van der Waals surface area (Å²) < 4.78 is 6.50. The van der Waals surface area contributed by atoms with Crippen LogP contribution in [0.3, 0.4) is 0 Å². The predicted octanol–water partition coefficient (Wildman–Crippen LogP) is 2.49. The van der Waals surface area contributed by atoms with E-state index >= 15 is 0 Å². The molecule has 0 radical (unpaired) electrons. The molecule has 0 saturated heterocycles. The van der Waals surface area contributed by atoms with Crippen LogP contribution in [0.15, 0.2) is 28.7 Å². The smallest absolute Gasteiger partial charge is 0.260 e. The van der Waals surface area contributed by atoms with Crippen molar-refractivity contribution in [1.29, 1.82) is 0 Å². The molecule has 0 aliphatic rings. The number of hydrogen-bond acceptors (Lipinski definition) is 3. The molecule has 1 amide bonds. The molecule has 0 aliphatic heterocycles. The Kier molecular flexibility index (Phi) is 8.80. The van der Waals surface area contributed by atoms with Gasteiger partial charge in [-0.2, -0.15) is 0 Å². The van der Waals surface area contributed by atoms with Gasteiger partial charge in [0.2, 0.25) is 0 Å². The largest absolute Gasteiger partial charge is 0.481 e. The van der Waals surface area contributed by atoms with Crippen molar-refractivity contribution >= 4 is 34.2 Å². The van der Waals surface area contributed by atoms with Crippen LogP contribution in [0.5, 0.6) is 5.75 Å². The minimum Gasteiger partial charge on any atom is -0.481 e. The number of halogens is 2. The third-order valence-electron chi connectivity index (χ3n) is 2.39. The molecule has 6 heteroatoms. The molecular weight excluding hydrogens is 332 g/mol. The normalized spacial score (nSPS) is 13.1. The van der Waals surface area contributed by atoms with Crippen molar-refractivity contribution in [2.75, 3.05) is 6.54 Å². The highest BCUT2D eigenvalue weighted by molar-refractivity contribution is 9.10. The highest BCUT2D eigenvalue weighted by atomic mass is 79.9. The first-order chi connectivity index (χ1) is 8.49. The molecule has 2 atom stereocenters. The molecule has 0 fully saturated rings. The molecule has 0 heterocycles. The topological polar surface area (TPSA) is 64.3 Å². The number of carbonyl (C=O) groups excluding carboxylic acids is 1. The second kappa shape index (κ2) is 9.18. The molecule has 1 rings (SSSR count). The molecule has 108 valence electrons. The molecule has 19 heavy (non-hydrogen) atoms. The van der Waals surface area contributed by atoms with Gasteiger partial charge >= 0.3 is 0 Å².